The molecule has 0 heterocycles. The van der Waals surface area contributed by atoms with Crippen LogP contribution in [0.3, 0.4) is 0 Å². The van der Waals surface area contributed by atoms with Crippen molar-refractivity contribution in [3.05, 3.63) is 28.2 Å². The summed E-state index contributed by atoms with van der Waals surface area (Å²) in [5, 5.41) is 0. The van der Waals surface area contributed by atoms with E-state index < -0.39 is 0 Å². The number of para-hydroxylation sites is 1. The van der Waals surface area contributed by atoms with Gasteiger partial charge in [0.25, 0.3) is 0 Å². The van der Waals surface area contributed by atoms with E-state index in [1.165, 1.54) is 0 Å². The molecule has 2 nitrogen and oxygen atoms in total. The van der Waals surface area contributed by atoms with E-state index in [9.17, 15) is 0 Å². The summed E-state index contributed by atoms with van der Waals surface area (Å²) in [7, 11) is 5.64. The van der Waals surface area contributed by atoms with Crippen LogP contribution < -0.4 is 4.74 Å². The molecule has 0 aliphatic heterocycles. The minimum absolute atomic E-state index is 0.746. The van der Waals surface area contributed by atoms with Gasteiger partial charge in [-0.15, -0.1) is 0 Å². The van der Waals surface area contributed by atoms with Crippen LogP contribution in [0, 0.1) is 11.8 Å². The number of ether oxygens (including phenoxy) is 1. The highest BCUT2D eigenvalue weighted by molar-refractivity contribution is 9.10. The number of hydrogen-bond donors (Lipinski definition) is 0. The van der Waals surface area contributed by atoms with Gasteiger partial charge in [-0.2, -0.15) is 0 Å². The third-order valence-corrected chi connectivity index (χ3v) is 2.41. The molecule has 0 unspecified atom stereocenters. The largest absolute Gasteiger partial charge is 0.494 e. The molecule has 1 aromatic rings. The first kappa shape index (κ1) is 12.1. The van der Waals surface area contributed by atoms with Crippen molar-refractivity contribution in [1.82, 2.24) is 4.90 Å². The van der Waals surface area contributed by atoms with E-state index in [0.717, 1.165) is 22.3 Å². The molecular weight excluding hydrogens is 254 g/mol. The van der Waals surface area contributed by atoms with Gasteiger partial charge in [0.05, 0.1) is 23.7 Å². The average Bonchev–Trinajstić information content (AvgIpc) is 2.17. The number of hydrogen-bond acceptors (Lipinski definition) is 2. The van der Waals surface area contributed by atoms with Crippen molar-refractivity contribution in [2.45, 2.75) is 0 Å². The Labute approximate surface area is 99.4 Å². The van der Waals surface area contributed by atoms with Gasteiger partial charge in [-0.25, -0.2) is 0 Å². The Morgan fingerprint density at radius 2 is 2.13 bits per heavy atom. The van der Waals surface area contributed by atoms with Crippen molar-refractivity contribution in [2.24, 2.45) is 0 Å². The zero-order chi connectivity index (χ0) is 11.3. The van der Waals surface area contributed by atoms with Crippen molar-refractivity contribution < 1.29 is 4.74 Å². The summed E-state index contributed by atoms with van der Waals surface area (Å²) in [6, 6.07) is 5.84. The lowest BCUT2D eigenvalue weighted by molar-refractivity contribution is 0.411. The Bertz CT molecular complexity index is 390. The summed E-state index contributed by atoms with van der Waals surface area (Å²) in [5.41, 5.74) is 0.911. The van der Waals surface area contributed by atoms with Crippen molar-refractivity contribution in [2.75, 3.05) is 27.7 Å². The molecule has 1 aromatic carbocycles. The summed E-state index contributed by atoms with van der Waals surface area (Å²) in [6.45, 7) is 0.746. The molecule has 3 heteroatoms. The van der Waals surface area contributed by atoms with Crippen molar-refractivity contribution >= 4 is 15.9 Å². The van der Waals surface area contributed by atoms with E-state index in [1.54, 1.807) is 7.11 Å². The van der Waals surface area contributed by atoms with E-state index >= 15 is 0 Å². The molecular formula is C12H14BrNO. The first-order valence-corrected chi connectivity index (χ1v) is 5.40. The summed E-state index contributed by atoms with van der Waals surface area (Å²) in [6.07, 6.45) is 0. The zero-order valence-electron chi connectivity index (χ0n) is 9.17. The van der Waals surface area contributed by atoms with Gasteiger partial charge >= 0.3 is 0 Å². The van der Waals surface area contributed by atoms with E-state index in [0.29, 0.717) is 0 Å². The molecule has 0 aromatic heterocycles. The molecule has 0 N–H and O–H groups in total. The third-order valence-electron chi connectivity index (χ3n) is 1.79. The van der Waals surface area contributed by atoms with Crippen LogP contribution in [0.1, 0.15) is 5.56 Å². The number of methoxy groups -OCH3 is 1. The predicted molar refractivity (Wildman–Crippen MR) is 66.1 cm³/mol. The lowest BCUT2D eigenvalue weighted by Gasteiger charge is -2.05. The van der Waals surface area contributed by atoms with Gasteiger partial charge in [-0.1, -0.05) is 17.9 Å². The standard InChI is InChI=1S/C12H14BrNO/c1-14(2)9-5-7-10-6-4-8-11(13)12(10)15-3/h4,6,8H,9H2,1-3H3. The van der Waals surface area contributed by atoms with Gasteiger partial charge in [-0.3, -0.25) is 4.90 Å². The second-order valence-corrected chi connectivity index (χ2v) is 4.21. The monoisotopic (exact) mass is 267 g/mol. The van der Waals surface area contributed by atoms with Crippen LogP contribution in [-0.4, -0.2) is 32.6 Å². The highest BCUT2D eigenvalue weighted by Gasteiger charge is 2.03. The molecule has 0 radical (unpaired) electrons. The summed E-state index contributed by atoms with van der Waals surface area (Å²) >= 11 is 3.42. The summed E-state index contributed by atoms with van der Waals surface area (Å²) in [5.74, 6) is 6.96. The quantitative estimate of drug-likeness (QED) is 0.763. The van der Waals surface area contributed by atoms with Crippen LogP contribution in [-0.2, 0) is 0 Å². The number of halogens is 1. The molecule has 0 saturated carbocycles. The Hall–Kier alpha value is -0.980. The zero-order valence-corrected chi connectivity index (χ0v) is 10.8. The first-order chi connectivity index (χ1) is 7.15. The van der Waals surface area contributed by atoms with Gasteiger partial charge < -0.3 is 4.74 Å². The lowest BCUT2D eigenvalue weighted by atomic mass is 10.2. The smallest absolute Gasteiger partial charge is 0.148 e. The van der Waals surface area contributed by atoms with Gasteiger partial charge in [-0.05, 0) is 42.2 Å². The molecule has 80 valence electrons. The molecule has 0 fully saturated rings. The molecule has 0 aliphatic rings. The Kier molecular flexibility index (Phi) is 4.67. The maximum Gasteiger partial charge on any atom is 0.148 e. The van der Waals surface area contributed by atoms with Crippen LogP contribution >= 0.6 is 15.9 Å². The second-order valence-electron chi connectivity index (χ2n) is 3.36. The van der Waals surface area contributed by atoms with Crippen LogP contribution in [0.2, 0.25) is 0 Å². The first-order valence-electron chi connectivity index (χ1n) is 4.61. The Balaban J connectivity index is 2.92. The van der Waals surface area contributed by atoms with Crippen LogP contribution in [0.5, 0.6) is 5.75 Å². The fraction of sp³-hybridized carbons (Fsp3) is 0.333. The second kappa shape index (κ2) is 5.79. The van der Waals surface area contributed by atoms with Crippen LogP contribution in [0.4, 0.5) is 0 Å². The Morgan fingerprint density at radius 3 is 2.73 bits per heavy atom. The maximum absolute atomic E-state index is 5.27. The van der Waals surface area contributed by atoms with Crippen molar-refractivity contribution in [1.29, 1.82) is 0 Å². The minimum Gasteiger partial charge on any atom is -0.494 e. The summed E-state index contributed by atoms with van der Waals surface area (Å²) < 4.78 is 6.20. The number of nitrogens with zero attached hydrogens (tertiary/aromatic N) is 1. The molecule has 0 amide bonds. The van der Waals surface area contributed by atoms with Gasteiger partial charge in [0.2, 0.25) is 0 Å². The fourth-order valence-electron chi connectivity index (χ4n) is 1.11. The predicted octanol–water partition coefficient (Wildman–Crippen LogP) is 2.37. The highest BCUT2D eigenvalue weighted by Crippen LogP contribution is 2.27. The van der Waals surface area contributed by atoms with Gasteiger partial charge in [0.15, 0.2) is 0 Å². The van der Waals surface area contributed by atoms with E-state index in [1.807, 2.05) is 37.2 Å². The number of benzene rings is 1. The third kappa shape index (κ3) is 3.58. The molecule has 0 atom stereocenters. The minimum atomic E-state index is 0.746. The topological polar surface area (TPSA) is 12.5 Å². The van der Waals surface area contributed by atoms with Gasteiger partial charge in [0, 0.05) is 0 Å². The highest BCUT2D eigenvalue weighted by atomic mass is 79.9. The SMILES string of the molecule is COc1c(Br)cccc1C#CCN(C)C. The van der Waals surface area contributed by atoms with Crippen LogP contribution in [0.15, 0.2) is 22.7 Å². The molecule has 1 rings (SSSR count). The molecule has 0 spiro atoms. The maximum atomic E-state index is 5.27. The van der Waals surface area contributed by atoms with E-state index in [4.69, 9.17) is 4.74 Å². The van der Waals surface area contributed by atoms with E-state index in [-0.39, 0.29) is 0 Å². The van der Waals surface area contributed by atoms with Crippen molar-refractivity contribution in [3.63, 3.8) is 0 Å². The Morgan fingerprint density at radius 1 is 1.40 bits per heavy atom. The molecule has 15 heavy (non-hydrogen) atoms. The normalized spacial score (nSPS) is 9.67. The molecule has 0 aliphatic carbocycles. The van der Waals surface area contributed by atoms with Crippen molar-refractivity contribution in [3.8, 4) is 17.6 Å². The summed E-state index contributed by atoms with van der Waals surface area (Å²) in [4.78, 5) is 2.03. The molecule has 0 bridgehead atoms. The fourth-order valence-corrected chi connectivity index (χ4v) is 1.64. The van der Waals surface area contributed by atoms with E-state index in [2.05, 4.69) is 27.8 Å². The lowest BCUT2D eigenvalue weighted by Crippen LogP contribution is -2.10. The number of rotatable bonds is 2. The van der Waals surface area contributed by atoms with Gasteiger partial charge in [0.1, 0.15) is 5.75 Å². The molecule has 0 saturated heterocycles. The average molecular weight is 268 g/mol. The van der Waals surface area contributed by atoms with Crippen LogP contribution in [0.25, 0.3) is 0 Å².